The average molecular weight is 409 g/mol. The molecule has 4 N–H and O–H groups in total. The summed E-state index contributed by atoms with van der Waals surface area (Å²) in [6, 6.07) is 13.2. The molecule has 0 saturated heterocycles. The van der Waals surface area contributed by atoms with Gasteiger partial charge in [0, 0.05) is 16.6 Å². The minimum atomic E-state index is -0.571. The number of fused-ring (bicyclic) bond motifs is 1. The monoisotopic (exact) mass is 409 g/mol. The predicted molar refractivity (Wildman–Crippen MR) is 113 cm³/mol. The van der Waals surface area contributed by atoms with Crippen molar-refractivity contribution in [3.63, 3.8) is 0 Å². The van der Waals surface area contributed by atoms with Gasteiger partial charge in [0.05, 0.1) is 0 Å². The fourth-order valence-electron chi connectivity index (χ4n) is 2.65. The maximum Gasteiger partial charge on any atom is 0.344 e. The zero-order chi connectivity index (χ0) is 21.9. The van der Waals surface area contributed by atoms with Crippen LogP contribution in [0.15, 0.2) is 52.9 Å². The standard InChI is InChI=1S/C22H23N3O5/c1-22(2,3)30-19(26)12-28-16-8-6-15(7-9-16)25-21(27)18-10-13-4-5-14(20(23)24)11-17(13)29-18/h4-11H,12H2,1-3H3,(H3,23,24)(H,25,27). The Morgan fingerprint density at radius 2 is 1.80 bits per heavy atom. The third-order valence-corrected chi connectivity index (χ3v) is 3.94. The van der Waals surface area contributed by atoms with E-state index in [0.29, 0.717) is 22.6 Å². The Morgan fingerprint density at radius 3 is 2.43 bits per heavy atom. The van der Waals surface area contributed by atoms with Crippen LogP contribution in [0.2, 0.25) is 0 Å². The highest BCUT2D eigenvalue weighted by Gasteiger charge is 2.17. The normalized spacial score (nSPS) is 11.2. The van der Waals surface area contributed by atoms with Gasteiger partial charge in [-0.2, -0.15) is 0 Å². The number of ether oxygens (including phenoxy) is 2. The molecular formula is C22H23N3O5. The van der Waals surface area contributed by atoms with Gasteiger partial charge in [0.1, 0.15) is 22.8 Å². The van der Waals surface area contributed by atoms with Crippen LogP contribution in [-0.2, 0) is 9.53 Å². The Labute approximate surface area is 173 Å². The molecular weight excluding hydrogens is 386 g/mol. The number of nitrogens with one attached hydrogen (secondary N) is 2. The van der Waals surface area contributed by atoms with E-state index in [9.17, 15) is 9.59 Å². The summed E-state index contributed by atoms with van der Waals surface area (Å²) in [6.07, 6.45) is 0. The van der Waals surface area contributed by atoms with Gasteiger partial charge in [-0.3, -0.25) is 10.2 Å². The summed E-state index contributed by atoms with van der Waals surface area (Å²) in [5.74, 6) is -0.348. The third kappa shape index (κ3) is 5.38. The van der Waals surface area contributed by atoms with Crippen LogP contribution in [-0.4, -0.2) is 29.9 Å². The molecule has 0 spiro atoms. The highest BCUT2D eigenvalue weighted by atomic mass is 16.6. The molecule has 2 aromatic carbocycles. The predicted octanol–water partition coefficient (Wildman–Crippen LogP) is 3.69. The molecule has 1 aromatic heterocycles. The van der Waals surface area contributed by atoms with Crippen LogP contribution < -0.4 is 15.8 Å². The van der Waals surface area contributed by atoms with Crippen LogP contribution in [0.4, 0.5) is 5.69 Å². The van der Waals surface area contributed by atoms with E-state index in [-0.39, 0.29) is 18.2 Å². The first-order valence-corrected chi connectivity index (χ1v) is 9.25. The molecule has 1 amide bonds. The molecule has 8 nitrogen and oxygen atoms in total. The lowest BCUT2D eigenvalue weighted by atomic mass is 10.1. The maximum absolute atomic E-state index is 12.5. The quantitative estimate of drug-likeness (QED) is 0.324. The van der Waals surface area contributed by atoms with E-state index in [0.717, 1.165) is 5.39 Å². The molecule has 0 unspecified atom stereocenters. The second-order valence-electron chi connectivity index (χ2n) is 7.63. The molecule has 0 aliphatic rings. The molecule has 0 atom stereocenters. The molecule has 8 heteroatoms. The van der Waals surface area contributed by atoms with Gasteiger partial charge < -0.3 is 24.9 Å². The molecule has 156 valence electrons. The number of hydrogen-bond donors (Lipinski definition) is 3. The molecule has 0 bridgehead atoms. The van der Waals surface area contributed by atoms with Gasteiger partial charge in [-0.05, 0) is 57.2 Å². The van der Waals surface area contributed by atoms with E-state index < -0.39 is 17.5 Å². The summed E-state index contributed by atoms with van der Waals surface area (Å²) in [5.41, 5.74) is 6.43. The van der Waals surface area contributed by atoms with E-state index >= 15 is 0 Å². The molecule has 0 fully saturated rings. The first-order valence-electron chi connectivity index (χ1n) is 9.25. The van der Waals surface area contributed by atoms with E-state index in [1.165, 1.54) is 0 Å². The highest BCUT2D eigenvalue weighted by molar-refractivity contribution is 6.05. The first kappa shape index (κ1) is 20.9. The second kappa shape index (κ2) is 8.28. The van der Waals surface area contributed by atoms with Gasteiger partial charge in [-0.1, -0.05) is 12.1 Å². The van der Waals surface area contributed by atoms with Gasteiger partial charge in [-0.15, -0.1) is 0 Å². The van der Waals surface area contributed by atoms with Crippen LogP contribution in [0.1, 0.15) is 36.9 Å². The van der Waals surface area contributed by atoms with Crippen molar-refractivity contribution in [2.45, 2.75) is 26.4 Å². The lowest BCUT2D eigenvalue weighted by molar-refractivity contribution is -0.157. The number of esters is 1. The number of carbonyl (C=O) groups excluding carboxylic acids is 2. The Bertz CT molecular complexity index is 1090. The van der Waals surface area contributed by atoms with Crippen molar-refractivity contribution < 1.29 is 23.5 Å². The fourth-order valence-corrected chi connectivity index (χ4v) is 2.65. The largest absolute Gasteiger partial charge is 0.482 e. The van der Waals surface area contributed by atoms with Gasteiger partial charge >= 0.3 is 5.97 Å². The minimum absolute atomic E-state index is 0.0757. The minimum Gasteiger partial charge on any atom is -0.482 e. The number of hydrogen-bond acceptors (Lipinski definition) is 6. The van der Waals surface area contributed by atoms with E-state index in [2.05, 4.69) is 5.32 Å². The Kier molecular flexibility index (Phi) is 5.77. The zero-order valence-corrected chi connectivity index (χ0v) is 16.9. The molecule has 1 heterocycles. The average Bonchev–Trinajstić information content (AvgIpc) is 3.09. The number of anilines is 1. The van der Waals surface area contributed by atoms with Gasteiger partial charge in [0.2, 0.25) is 0 Å². The van der Waals surface area contributed by atoms with Crippen LogP contribution in [0.3, 0.4) is 0 Å². The number of nitrogens with two attached hydrogens (primary N) is 1. The van der Waals surface area contributed by atoms with Crippen molar-refractivity contribution >= 4 is 34.4 Å². The maximum atomic E-state index is 12.5. The Hall–Kier alpha value is -3.81. The molecule has 0 saturated carbocycles. The van der Waals surface area contributed by atoms with Crippen LogP contribution in [0, 0.1) is 5.41 Å². The van der Waals surface area contributed by atoms with Gasteiger partial charge in [0.15, 0.2) is 12.4 Å². The smallest absolute Gasteiger partial charge is 0.344 e. The van der Waals surface area contributed by atoms with Gasteiger partial charge in [-0.25, -0.2) is 4.79 Å². The van der Waals surface area contributed by atoms with Crippen LogP contribution in [0.5, 0.6) is 5.75 Å². The number of rotatable bonds is 6. The molecule has 0 aliphatic carbocycles. The third-order valence-electron chi connectivity index (χ3n) is 3.94. The highest BCUT2D eigenvalue weighted by Crippen LogP contribution is 2.22. The number of nitrogen functional groups attached to an aromatic ring is 1. The Morgan fingerprint density at radius 1 is 1.10 bits per heavy atom. The first-order chi connectivity index (χ1) is 14.1. The van der Waals surface area contributed by atoms with Crippen molar-refractivity contribution in [2.75, 3.05) is 11.9 Å². The molecule has 30 heavy (non-hydrogen) atoms. The number of benzene rings is 2. The summed E-state index contributed by atoms with van der Waals surface area (Å²) < 4.78 is 16.2. The van der Waals surface area contributed by atoms with E-state index in [4.69, 9.17) is 25.0 Å². The lowest BCUT2D eigenvalue weighted by Crippen LogP contribution is -2.27. The summed E-state index contributed by atoms with van der Waals surface area (Å²) in [4.78, 5) is 24.2. The molecule has 0 radical (unpaired) electrons. The van der Waals surface area contributed by atoms with E-state index in [1.54, 1.807) is 69.3 Å². The van der Waals surface area contributed by atoms with E-state index in [1.807, 2.05) is 0 Å². The summed E-state index contributed by atoms with van der Waals surface area (Å²) in [5, 5.41) is 10.9. The summed E-state index contributed by atoms with van der Waals surface area (Å²) in [6.45, 7) is 5.15. The number of furan rings is 1. The van der Waals surface area contributed by atoms with Crippen molar-refractivity contribution in [3.05, 3.63) is 59.9 Å². The number of amides is 1. The van der Waals surface area contributed by atoms with Crippen LogP contribution in [0.25, 0.3) is 11.0 Å². The van der Waals surface area contributed by atoms with Crippen LogP contribution >= 0.6 is 0 Å². The molecule has 0 aliphatic heterocycles. The van der Waals surface area contributed by atoms with Crippen molar-refractivity contribution in [2.24, 2.45) is 5.73 Å². The fraction of sp³-hybridized carbons (Fsp3) is 0.227. The summed E-state index contributed by atoms with van der Waals surface area (Å²) in [7, 11) is 0. The Balaban J connectivity index is 1.61. The number of amidine groups is 1. The molecule has 3 rings (SSSR count). The zero-order valence-electron chi connectivity index (χ0n) is 16.9. The summed E-state index contributed by atoms with van der Waals surface area (Å²) >= 11 is 0. The van der Waals surface area contributed by atoms with Crippen molar-refractivity contribution in [1.82, 2.24) is 0 Å². The van der Waals surface area contributed by atoms with Gasteiger partial charge in [0.25, 0.3) is 5.91 Å². The molecule has 3 aromatic rings. The number of carbonyl (C=O) groups is 2. The SMILES string of the molecule is CC(C)(C)OC(=O)COc1ccc(NC(=O)c2cc3ccc(C(=N)N)cc3o2)cc1. The van der Waals surface area contributed by atoms with Crippen molar-refractivity contribution in [1.29, 1.82) is 5.41 Å². The topological polar surface area (TPSA) is 128 Å². The second-order valence-corrected chi connectivity index (χ2v) is 7.63. The van der Waals surface area contributed by atoms with Crippen molar-refractivity contribution in [3.8, 4) is 5.75 Å². The lowest BCUT2D eigenvalue weighted by Gasteiger charge is -2.19.